The second-order valence-electron chi connectivity index (χ2n) is 5.76. The van der Waals surface area contributed by atoms with E-state index in [-0.39, 0.29) is 11.3 Å². The van der Waals surface area contributed by atoms with Crippen molar-refractivity contribution in [2.24, 2.45) is 5.41 Å². The van der Waals surface area contributed by atoms with Crippen molar-refractivity contribution in [2.45, 2.75) is 58.0 Å². The van der Waals surface area contributed by atoms with Gasteiger partial charge >= 0.3 is 0 Å². The van der Waals surface area contributed by atoms with E-state index in [1.807, 2.05) is 0 Å². The molecule has 0 aromatic rings. The Kier molecular flexibility index (Phi) is 5.60. The molecule has 18 heavy (non-hydrogen) atoms. The molecule has 0 aliphatic heterocycles. The quantitative estimate of drug-likeness (QED) is 0.732. The molecule has 1 amide bonds. The van der Waals surface area contributed by atoms with Crippen molar-refractivity contribution in [1.29, 1.82) is 0 Å². The molecule has 0 saturated heterocycles. The first-order valence-electron chi connectivity index (χ1n) is 6.95. The summed E-state index contributed by atoms with van der Waals surface area (Å²) in [4.78, 5) is 12.3. The number of carbonyl (C=O) groups is 1. The second-order valence-corrected chi connectivity index (χ2v) is 5.76. The number of methoxy groups -OCH3 is 1. The van der Waals surface area contributed by atoms with Gasteiger partial charge in [-0.2, -0.15) is 0 Å². The van der Waals surface area contributed by atoms with Crippen molar-refractivity contribution in [1.82, 2.24) is 5.32 Å². The molecule has 1 aliphatic rings. The van der Waals surface area contributed by atoms with Crippen LogP contribution in [0.5, 0.6) is 0 Å². The van der Waals surface area contributed by atoms with Gasteiger partial charge in [-0.15, -0.1) is 0 Å². The summed E-state index contributed by atoms with van der Waals surface area (Å²) in [7, 11) is 1.61. The van der Waals surface area contributed by atoms with Crippen LogP contribution in [0.15, 0.2) is 0 Å². The van der Waals surface area contributed by atoms with Crippen molar-refractivity contribution >= 4 is 5.91 Å². The first-order chi connectivity index (χ1) is 8.46. The monoisotopic (exact) mass is 257 g/mol. The molecule has 0 aromatic heterocycles. The zero-order valence-electron chi connectivity index (χ0n) is 11.9. The molecule has 1 aliphatic carbocycles. The van der Waals surface area contributed by atoms with Gasteiger partial charge in [0, 0.05) is 32.1 Å². The van der Waals surface area contributed by atoms with Gasteiger partial charge in [0.05, 0.1) is 5.60 Å². The SMILES string of the molecule is CCC1(C(=O)NCC(C)(O)CCOC)CCCC1. The molecule has 1 rings (SSSR count). The third-order valence-corrected chi connectivity index (χ3v) is 4.19. The molecule has 1 fully saturated rings. The lowest BCUT2D eigenvalue weighted by Crippen LogP contribution is -2.46. The predicted octanol–water partition coefficient (Wildman–Crippen LogP) is 1.86. The van der Waals surface area contributed by atoms with E-state index in [0.29, 0.717) is 19.6 Å². The third-order valence-electron chi connectivity index (χ3n) is 4.19. The van der Waals surface area contributed by atoms with E-state index >= 15 is 0 Å². The summed E-state index contributed by atoms with van der Waals surface area (Å²) in [5.41, 5.74) is -1.07. The van der Waals surface area contributed by atoms with Crippen LogP contribution in [0.2, 0.25) is 0 Å². The van der Waals surface area contributed by atoms with Crippen LogP contribution in [0.1, 0.15) is 52.4 Å². The van der Waals surface area contributed by atoms with Crippen molar-refractivity contribution in [3.05, 3.63) is 0 Å². The molecule has 1 atom stereocenters. The Hall–Kier alpha value is -0.610. The molecular weight excluding hydrogens is 230 g/mol. The Morgan fingerprint density at radius 1 is 1.44 bits per heavy atom. The lowest BCUT2D eigenvalue weighted by Gasteiger charge is -2.29. The number of amides is 1. The van der Waals surface area contributed by atoms with Crippen LogP contribution < -0.4 is 5.32 Å². The van der Waals surface area contributed by atoms with Gasteiger partial charge in [-0.25, -0.2) is 0 Å². The molecule has 0 spiro atoms. The number of carbonyl (C=O) groups excluding carboxylic acids is 1. The maximum absolute atomic E-state index is 12.3. The van der Waals surface area contributed by atoms with E-state index in [2.05, 4.69) is 12.2 Å². The van der Waals surface area contributed by atoms with Crippen LogP contribution in [-0.2, 0) is 9.53 Å². The normalized spacial score (nSPS) is 21.6. The number of hydrogen-bond acceptors (Lipinski definition) is 3. The van der Waals surface area contributed by atoms with Gasteiger partial charge in [0.15, 0.2) is 0 Å². The Labute approximate surface area is 110 Å². The largest absolute Gasteiger partial charge is 0.388 e. The highest BCUT2D eigenvalue weighted by atomic mass is 16.5. The number of rotatable bonds is 7. The number of ether oxygens (including phenoxy) is 1. The molecule has 1 saturated carbocycles. The highest BCUT2D eigenvalue weighted by Crippen LogP contribution is 2.41. The molecule has 0 aromatic carbocycles. The predicted molar refractivity (Wildman–Crippen MR) is 71.3 cm³/mol. The average molecular weight is 257 g/mol. The number of aliphatic hydroxyl groups is 1. The lowest BCUT2D eigenvalue weighted by molar-refractivity contribution is -0.132. The molecule has 4 nitrogen and oxygen atoms in total. The molecular formula is C14H27NO3. The van der Waals surface area contributed by atoms with E-state index in [9.17, 15) is 9.90 Å². The first kappa shape index (κ1) is 15.4. The van der Waals surface area contributed by atoms with Gasteiger partial charge in [-0.05, 0) is 26.2 Å². The minimum Gasteiger partial charge on any atom is -0.388 e. The van der Waals surface area contributed by atoms with Gasteiger partial charge in [0.1, 0.15) is 0 Å². The van der Waals surface area contributed by atoms with Gasteiger partial charge in [0.25, 0.3) is 0 Å². The fourth-order valence-corrected chi connectivity index (χ4v) is 2.66. The molecule has 0 bridgehead atoms. The smallest absolute Gasteiger partial charge is 0.226 e. The Morgan fingerprint density at radius 2 is 2.06 bits per heavy atom. The van der Waals surface area contributed by atoms with Crippen LogP contribution in [0.3, 0.4) is 0 Å². The number of hydrogen-bond donors (Lipinski definition) is 2. The minimum absolute atomic E-state index is 0.111. The van der Waals surface area contributed by atoms with Crippen LogP contribution in [0.4, 0.5) is 0 Å². The summed E-state index contributed by atoms with van der Waals surface area (Å²) < 4.78 is 4.95. The summed E-state index contributed by atoms with van der Waals surface area (Å²) in [6.07, 6.45) is 5.66. The zero-order chi connectivity index (χ0) is 13.6. The van der Waals surface area contributed by atoms with Crippen molar-refractivity contribution in [2.75, 3.05) is 20.3 Å². The van der Waals surface area contributed by atoms with Crippen molar-refractivity contribution < 1.29 is 14.6 Å². The van der Waals surface area contributed by atoms with Crippen molar-refractivity contribution in [3.8, 4) is 0 Å². The van der Waals surface area contributed by atoms with Gasteiger partial charge < -0.3 is 15.2 Å². The van der Waals surface area contributed by atoms with E-state index in [1.54, 1.807) is 14.0 Å². The fraction of sp³-hybridized carbons (Fsp3) is 0.929. The van der Waals surface area contributed by atoms with Gasteiger partial charge in [0.2, 0.25) is 5.91 Å². The standard InChI is InChI=1S/C14H27NO3/c1-4-14(7-5-6-8-14)12(16)15-11-13(2,17)9-10-18-3/h17H,4-11H2,1-3H3,(H,15,16). The third kappa shape index (κ3) is 3.95. The Balaban J connectivity index is 2.44. The highest BCUT2D eigenvalue weighted by molar-refractivity contribution is 5.82. The van der Waals surface area contributed by atoms with Crippen molar-refractivity contribution in [3.63, 3.8) is 0 Å². The second kappa shape index (κ2) is 6.53. The zero-order valence-corrected chi connectivity index (χ0v) is 11.9. The molecule has 0 radical (unpaired) electrons. The van der Waals surface area contributed by atoms with E-state index < -0.39 is 5.60 Å². The fourth-order valence-electron chi connectivity index (χ4n) is 2.66. The summed E-state index contributed by atoms with van der Waals surface area (Å²) in [6, 6.07) is 0. The molecule has 1 unspecified atom stereocenters. The van der Waals surface area contributed by atoms with Gasteiger partial charge in [-0.3, -0.25) is 4.79 Å². The lowest BCUT2D eigenvalue weighted by atomic mass is 9.82. The van der Waals surface area contributed by atoms with Crippen LogP contribution in [0, 0.1) is 5.41 Å². The molecule has 2 N–H and O–H groups in total. The topological polar surface area (TPSA) is 58.6 Å². The van der Waals surface area contributed by atoms with Crippen LogP contribution in [0.25, 0.3) is 0 Å². The van der Waals surface area contributed by atoms with Gasteiger partial charge in [-0.1, -0.05) is 19.8 Å². The minimum atomic E-state index is -0.890. The number of nitrogens with one attached hydrogen (secondary N) is 1. The Morgan fingerprint density at radius 3 is 2.56 bits per heavy atom. The first-order valence-corrected chi connectivity index (χ1v) is 6.95. The van der Waals surface area contributed by atoms with E-state index in [0.717, 1.165) is 32.1 Å². The average Bonchev–Trinajstić information content (AvgIpc) is 2.83. The summed E-state index contributed by atoms with van der Waals surface area (Å²) in [5, 5.41) is 13.0. The van der Waals surface area contributed by atoms with Crippen LogP contribution in [-0.4, -0.2) is 36.9 Å². The maximum atomic E-state index is 12.3. The summed E-state index contributed by atoms with van der Waals surface area (Å²) in [5.74, 6) is 0.111. The maximum Gasteiger partial charge on any atom is 0.226 e. The molecule has 4 heteroatoms. The van der Waals surface area contributed by atoms with E-state index in [1.165, 1.54) is 0 Å². The Bertz CT molecular complexity index is 270. The van der Waals surface area contributed by atoms with Crippen LogP contribution >= 0.6 is 0 Å². The summed E-state index contributed by atoms with van der Waals surface area (Å²) >= 11 is 0. The summed E-state index contributed by atoms with van der Waals surface area (Å²) in [6.45, 7) is 4.62. The van der Waals surface area contributed by atoms with E-state index in [4.69, 9.17) is 4.74 Å². The molecule has 106 valence electrons. The molecule has 0 heterocycles. The highest BCUT2D eigenvalue weighted by Gasteiger charge is 2.39.